The molecule has 0 atom stereocenters. The van der Waals surface area contributed by atoms with Crippen molar-refractivity contribution in [3.63, 3.8) is 0 Å². The average Bonchev–Trinajstić information content (AvgIpc) is 3.46. The van der Waals surface area contributed by atoms with Gasteiger partial charge in [0.25, 0.3) is 5.56 Å². The molecular formula is C30H36N4O4. The van der Waals surface area contributed by atoms with Gasteiger partial charge in [0.1, 0.15) is 0 Å². The third kappa shape index (κ3) is 4.87. The summed E-state index contributed by atoms with van der Waals surface area (Å²) >= 11 is 0. The molecule has 5 rings (SSSR count). The van der Waals surface area contributed by atoms with Gasteiger partial charge in [-0.2, -0.15) is 0 Å². The first-order valence-electron chi connectivity index (χ1n) is 13.5. The number of likely N-dealkylation sites (tertiary alicyclic amines) is 1. The van der Waals surface area contributed by atoms with Crippen LogP contribution in [-0.2, 0) is 36.0 Å². The Kier molecular flexibility index (Phi) is 7.40. The largest absolute Gasteiger partial charge is 0.450 e. The molecule has 0 bridgehead atoms. The van der Waals surface area contributed by atoms with Crippen LogP contribution in [-0.4, -0.2) is 56.9 Å². The van der Waals surface area contributed by atoms with E-state index in [4.69, 9.17) is 4.74 Å². The highest BCUT2D eigenvalue weighted by molar-refractivity contribution is 5.81. The molecule has 0 unspecified atom stereocenters. The number of benzene rings is 2. The van der Waals surface area contributed by atoms with E-state index in [9.17, 15) is 14.4 Å². The third-order valence-corrected chi connectivity index (χ3v) is 8.12. The lowest BCUT2D eigenvalue weighted by Gasteiger charge is -2.39. The van der Waals surface area contributed by atoms with Crippen LogP contribution in [0.1, 0.15) is 42.1 Å². The van der Waals surface area contributed by atoms with E-state index in [2.05, 4.69) is 12.1 Å². The Morgan fingerprint density at radius 1 is 0.974 bits per heavy atom. The molecule has 1 aliphatic heterocycles. The van der Waals surface area contributed by atoms with Gasteiger partial charge in [-0.1, -0.05) is 42.5 Å². The number of ether oxygens (including phenoxy) is 1. The van der Waals surface area contributed by atoms with Gasteiger partial charge in [0, 0.05) is 37.8 Å². The number of para-hydroxylation sites is 1. The summed E-state index contributed by atoms with van der Waals surface area (Å²) in [5.41, 5.74) is 4.62. The smallest absolute Gasteiger partial charge is 0.409 e. The molecule has 200 valence electrons. The minimum absolute atomic E-state index is 0.0546. The molecule has 2 amide bonds. The van der Waals surface area contributed by atoms with Crippen LogP contribution in [0.25, 0.3) is 5.69 Å². The van der Waals surface area contributed by atoms with Crippen molar-refractivity contribution in [2.45, 2.75) is 52.1 Å². The first kappa shape index (κ1) is 25.8. The second-order valence-corrected chi connectivity index (χ2v) is 10.3. The zero-order chi connectivity index (χ0) is 26.8. The number of hydrogen-bond donors (Lipinski definition) is 0. The first-order valence-corrected chi connectivity index (χ1v) is 13.5. The number of fused-ring (bicyclic) bond motifs is 1. The van der Waals surface area contributed by atoms with E-state index in [1.54, 1.807) is 16.5 Å². The third-order valence-electron chi connectivity index (χ3n) is 8.12. The van der Waals surface area contributed by atoms with E-state index >= 15 is 0 Å². The molecule has 0 saturated carbocycles. The highest BCUT2D eigenvalue weighted by atomic mass is 16.6. The molecule has 0 spiro atoms. The summed E-state index contributed by atoms with van der Waals surface area (Å²) < 4.78 is 8.72. The van der Waals surface area contributed by atoms with Gasteiger partial charge in [-0.3, -0.25) is 14.3 Å². The molecule has 0 radical (unpaired) electrons. The Morgan fingerprint density at radius 2 is 1.58 bits per heavy atom. The van der Waals surface area contributed by atoms with E-state index < -0.39 is 0 Å². The van der Waals surface area contributed by atoms with E-state index in [-0.39, 0.29) is 36.1 Å². The molecule has 8 nitrogen and oxygen atoms in total. The minimum Gasteiger partial charge on any atom is -0.450 e. The zero-order valence-electron chi connectivity index (χ0n) is 22.4. The van der Waals surface area contributed by atoms with Gasteiger partial charge in [-0.25, -0.2) is 9.48 Å². The maximum atomic E-state index is 14.1. The molecule has 2 aliphatic rings. The lowest BCUT2D eigenvalue weighted by Crippen LogP contribution is -2.50. The van der Waals surface area contributed by atoms with E-state index in [0.29, 0.717) is 38.1 Å². The Balaban J connectivity index is 1.44. The van der Waals surface area contributed by atoms with Crippen molar-refractivity contribution in [3.05, 3.63) is 87.3 Å². The molecule has 1 fully saturated rings. The van der Waals surface area contributed by atoms with Gasteiger partial charge in [0.05, 0.1) is 24.4 Å². The predicted octanol–water partition coefficient (Wildman–Crippen LogP) is 3.85. The molecule has 38 heavy (non-hydrogen) atoms. The van der Waals surface area contributed by atoms with Crippen molar-refractivity contribution in [1.29, 1.82) is 0 Å². The number of hydrogen-bond acceptors (Lipinski definition) is 4. The molecule has 8 heteroatoms. The van der Waals surface area contributed by atoms with Crippen LogP contribution in [0.3, 0.4) is 0 Å². The lowest BCUT2D eigenvalue weighted by molar-refractivity contribution is -0.139. The lowest BCUT2D eigenvalue weighted by atomic mass is 9.98. The summed E-state index contributed by atoms with van der Waals surface area (Å²) in [6.45, 7) is 5.39. The normalized spacial score (nSPS) is 15.9. The molecular weight excluding hydrogens is 480 g/mol. The minimum atomic E-state index is -0.306. The van der Waals surface area contributed by atoms with Crippen molar-refractivity contribution in [3.8, 4) is 5.69 Å². The number of nitrogens with zero attached hydrogens (tertiary/aromatic N) is 4. The van der Waals surface area contributed by atoms with Crippen LogP contribution >= 0.6 is 0 Å². The Morgan fingerprint density at radius 3 is 2.18 bits per heavy atom. The number of amides is 2. The number of carbonyl (C=O) groups excluding carboxylic acids is 2. The fourth-order valence-electron chi connectivity index (χ4n) is 5.91. The molecule has 1 aromatic heterocycles. The monoisotopic (exact) mass is 516 g/mol. The van der Waals surface area contributed by atoms with Gasteiger partial charge >= 0.3 is 6.09 Å². The summed E-state index contributed by atoms with van der Waals surface area (Å²) in [4.78, 5) is 43.7. The van der Waals surface area contributed by atoms with Crippen LogP contribution in [0, 0.1) is 12.8 Å². The topological polar surface area (TPSA) is 76.8 Å². The second-order valence-electron chi connectivity index (χ2n) is 10.3. The Hall–Kier alpha value is -3.81. The van der Waals surface area contributed by atoms with E-state index in [0.717, 1.165) is 24.2 Å². The summed E-state index contributed by atoms with van der Waals surface area (Å²) in [6.07, 6.45) is 2.44. The van der Waals surface area contributed by atoms with Crippen LogP contribution in [0.4, 0.5) is 4.79 Å². The SMILES string of the molecule is CCOC(=O)N1CCC(N(Cc2c(C)n(C)n(-c3ccccc3)c2=O)C(=O)C2Cc3ccccc3C2)CC1. The summed E-state index contributed by atoms with van der Waals surface area (Å²) in [5, 5.41) is 0. The standard InChI is InChI=1S/C30H36N4O4/c1-4-38-30(37)32-16-14-25(15-17-32)33(28(35)24-18-22-10-8-9-11-23(22)19-24)20-27-21(2)31(3)34(29(27)36)26-12-6-5-7-13-26/h5-13,24-25H,4,14-20H2,1-3H3. The van der Waals surface area contributed by atoms with Gasteiger partial charge in [-0.05, 0) is 62.8 Å². The second kappa shape index (κ2) is 10.9. The summed E-state index contributed by atoms with van der Waals surface area (Å²) in [6, 6.07) is 17.8. The number of aromatic nitrogens is 2. The van der Waals surface area contributed by atoms with Crippen molar-refractivity contribution in [1.82, 2.24) is 19.2 Å². The maximum Gasteiger partial charge on any atom is 0.409 e. The van der Waals surface area contributed by atoms with E-state index in [1.165, 1.54) is 11.1 Å². The summed E-state index contributed by atoms with van der Waals surface area (Å²) in [5.74, 6) is -0.0550. The van der Waals surface area contributed by atoms with Crippen LogP contribution in [0.2, 0.25) is 0 Å². The number of piperidine rings is 1. The van der Waals surface area contributed by atoms with Crippen LogP contribution < -0.4 is 5.56 Å². The quantitative estimate of drug-likeness (QED) is 0.499. The molecule has 2 heterocycles. The summed E-state index contributed by atoms with van der Waals surface area (Å²) in [7, 11) is 1.88. The maximum absolute atomic E-state index is 14.1. The molecule has 2 aromatic carbocycles. The van der Waals surface area contributed by atoms with Crippen molar-refractivity contribution < 1.29 is 14.3 Å². The van der Waals surface area contributed by atoms with Crippen LogP contribution in [0.5, 0.6) is 0 Å². The van der Waals surface area contributed by atoms with Gasteiger partial charge in [0.2, 0.25) is 5.91 Å². The first-order chi connectivity index (χ1) is 18.4. The fraction of sp³-hybridized carbons (Fsp3) is 0.433. The Bertz CT molecular complexity index is 1340. The highest BCUT2D eigenvalue weighted by Gasteiger charge is 2.37. The Labute approximate surface area is 223 Å². The highest BCUT2D eigenvalue weighted by Crippen LogP contribution is 2.30. The number of rotatable bonds is 6. The zero-order valence-corrected chi connectivity index (χ0v) is 22.4. The fourth-order valence-corrected chi connectivity index (χ4v) is 5.91. The average molecular weight is 517 g/mol. The molecule has 1 aliphatic carbocycles. The molecule has 3 aromatic rings. The molecule has 0 N–H and O–H groups in total. The van der Waals surface area contributed by atoms with E-state index in [1.807, 2.05) is 66.0 Å². The molecule has 1 saturated heterocycles. The van der Waals surface area contributed by atoms with Gasteiger partial charge in [0.15, 0.2) is 0 Å². The predicted molar refractivity (Wildman–Crippen MR) is 145 cm³/mol. The van der Waals surface area contributed by atoms with Crippen molar-refractivity contribution >= 4 is 12.0 Å². The number of carbonyl (C=O) groups is 2. The van der Waals surface area contributed by atoms with Crippen molar-refractivity contribution in [2.75, 3.05) is 19.7 Å². The van der Waals surface area contributed by atoms with Crippen molar-refractivity contribution in [2.24, 2.45) is 13.0 Å². The van der Waals surface area contributed by atoms with Gasteiger partial charge < -0.3 is 14.5 Å². The van der Waals surface area contributed by atoms with Gasteiger partial charge in [-0.15, -0.1) is 0 Å². The van der Waals surface area contributed by atoms with Crippen LogP contribution in [0.15, 0.2) is 59.4 Å².